The molecule has 0 unspecified atom stereocenters. The first-order valence-corrected chi connectivity index (χ1v) is 6.05. The number of hydrogen-bond donors (Lipinski definition) is 2. The Bertz CT molecular complexity index is 205. The van der Waals surface area contributed by atoms with Crippen LogP contribution >= 0.6 is 0 Å². The highest BCUT2D eigenvalue weighted by molar-refractivity contribution is 4.99. The molecule has 0 aromatic heterocycles. The molecule has 0 atom stereocenters. The summed E-state index contributed by atoms with van der Waals surface area (Å²) >= 11 is 0. The summed E-state index contributed by atoms with van der Waals surface area (Å²) in [5.41, 5.74) is 0.126. The number of piperazine rings is 1. The normalized spacial score (nSPS) is 25.9. The highest BCUT2D eigenvalue weighted by atomic mass is 16.3. The van der Waals surface area contributed by atoms with Gasteiger partial charge in [-0.2, -0.15) is 0 Å². The maximum atomic E-state index is 9.09. The quantitative estimate of drug-likeness (QED) is 0.721. The van der Waals surface area contributed by atoms with Gasteiger partial charge in [0.05, 0.1) is 13.2 Å². The van der Waals surface area contributed by atoms with E-state index in [9.17, 15) is 0 Å². The van der Waals surface area contributed by atoms with Crippen LogP contribution < -0.4 is 0 Å². The van der Waals surface area contributed by atoms with Gasteiger partial charge in [0.1, 0.15) is 0 Å². The zero-order valence-electron chi connectivity index (χ0n) is 11.0. The van der Waals surface area contributed by atoms with Crippen molar-refractivity contribution in [3.63, 3.8) is 0 Å². The topological polar surface area (TPSA) is 46.9 Å². The van der Waals surface area contributed by atoms with Gasteiger partial charge in [-0.25, -0.2) is 0 Å². The number of aliphatic hydroxyl groups is 2. The van der Waals surface area contributed by atoms with E-state index in [1.807, 2.05) is 0 Å². The molecule has 1 saturated heterocycles. The highest BCUT2D eigenvalue weighted by Crippen LogP contribution is 2.29. The Morgan fingerprint density at radius 3 is 1.38 bits per heavy atom. The molecule has 16 heavy (non-hydrogen) atoms. The molecule has 1 fully saturated rings. The molecule has 96 valence electrons. The molecule has 0 radical (unpaired) electrons. The molecule has 0 aliphatic carbocycles. The largest absolute Gasteiger partial charge is 0.395 e. The predicted molar refractivity (Wildman–Crippen MR) is 65.5 cm³/mol. The van der Waals surface area contributed by atoms with Crippen LogP contribution in [0.1, 0.15) is 27.7 Å². The van der Waals surface area contributed by atoms with Gasteiger partial charge in [-0.1, -0.05) is 0 Å². The van der Waals surface area contributed by atoms with Crippen molar-refractivity contribution in [1.82, 2.24) is 9.80 Å². The second kappa shape index (κ2) is 5.00. The molecule has 0 spiro atoms. The summed E-state index contributed by atoms with van der Waals surface area (Å²) in [6, 6.07) is 0. The Balaban J connectivity index is 2.77. The SMILES string of the molecule is CC1(C)CN(CCO)C(C)(C)CN1CCO. The van der Waals surface area contributed by atoms with Gasteiger partial charge in [0.25, 0.3) is 0 Å². The Labute approximate surface area is 98.9 Å². The van der Waals surface area contributed by atoms with E-state index in [-0.39, 0.29) is 24.3 Å². The standard InChI is InChI=1S/C12H26N2O2/c1-11(2)9-14(6-8-16)12(3,4)10-13(11)5-7-15/h15-16H,5-10H2,1-4H3. The van der Waals surface area contributed by atoms with Crippen molar-refractivity contribution in [2.75, 3.05) is 39.4 Å². The van der Waals surface area contributed by atoms with Crippen LogP contribution in [-0.4, -0.2) is 70.5 Å². The minimum Gasteiger partial charge on any atom is -0.395 e. The van der Waals surface area contributed by atoms with Gasteiger partial charge < -0.3 is 10.2 Å². The smallest absolute Gasteiger partial charge is 0.0558 e. The molecular formula is C12H26N2O2. The average molecular weight is 230 g/mol. The van der Waals surface area contributed by atoms with Crippen LogP contribution in [-0.2, 0) is 0 Å². The van der Waals surface area contributed by atoms with Gasteiger partial charge >= 0.3 is 0 Å². The second-order valence-corrected chi connectivity index (χ2v) is 5.92. The summed E-state index contributed by atoms with van der Waals surface area (Å²) in [5.74, 6) is 0. The fourth-order valence-electron chi connectivity index (χ4n) is 2.57. The van der Waals surface area contributed by atoms with E-state index in [1.165, 1.54) is 0 Å². The monoisotopic (exact) mass is 230 g/mol. The van der Waals surface area contributed by atoms with Gasteiger partial charge in [-0.15, -0.1) is 0 Å². The maximum Gasteiger partial charge on any atom is 0.0558 e. The van der Waals surface area contributed by atoms with E-state index >= 15 is 0 Å². The molecule has 0 aromatic carbocycles. The maximum absolute atomic E-state index is 9.09. The summed E-state index contributed by atoms with van der Waals surface area (Å²) in [6.07, 6.45) is 0. The molecule has 0 bridgehead atoms. The lowest BCUT2D eigenvalue weighted by atomic mass is 9.89. The molecular weight excluding hydrogens is 204 g/mol. The van der Waals surface area contributed by atoms with E-state index in [1.54, 1.807) is 0 Å². The van der Waals surface area contributed by atoms with Gasteiger partial charge in [0.2, 0.25) is 0 Å². The summed E-state index contributed by atoms with van der Waals surface area (Å²) in [7, 11) is 0. The zero-order chi connectivity index (χ0) is 12.4. The summed E-state index contributed by atoms with van der Waals surface area (Å²) in [4.78, 5) is 4.67. The molecule has 1 aliphatic heterocycles. The van der Waals surface area contributed by atoms with Crippen LogP contribution in [0.4, 0.5) is 0 Å². The van der Waals surface area contributed by atoms with Crippen LogP contribution in [0, 0.1) is 0 Å². The zero-order valence-corrected chi connectivity index (χ0v) is 11.0. The number of rotatable bonds is 4. The average Bonchev–Trinajstić information content (AvgIpc) is 2.14. The second-order valence-electron chi connectivity index (χ2n) is 5.92. The number of β-amino-alcohol motifs (C(OH)–C–C–N with tert-alkyl or cyclic N) is 2. The first-order valence-electron chi connectivity index (χ1n) is 6.05. The van der Waals surface area contributed by atoms with Gasteiger partial charge in [0, 0.05) is 37.3 Å². The van der Waals surface area contributed by atoms with E-state index < -0.39 is 0 Å². The molecule has 1 aliphatic rings. The van der Waals surface area contributed by atoms with Crippen molar-refractivity contribution in [1.29, 1.82) is 0 Å². The molecule has 0 amide bonds. The van der Waals surface area contributed by atoms with Crippen molar-refractivity contribution in [2.45, 2.75) is 38.8 Å². The van der Waals surface area contributed by atoms with Crippen molar-refractivity contribution < 1.29 is 10.2 Å². The van der Waals surface area contributed by atoms with Crippen molar-refractivity contribution in [2.24, 2.45) is 0 Å². The lowest BCUT2D eigenvalue weighted by Gasteiger charge is -2.55. The van der Waals surface area contributed by atoms with E-state index in [0.29, 0.717) is 0 Å². The van der Waals surface area contributed by atoms with Gasteiger partial charge in [0.15, 0.2) is 0 Å². The van der Waals surface area contributed by atoms with Crippen LogP contribution in [0.25, 0.3) is 0 Å². The van der Waals surface area contributed by atoms with Gasteiger partial charge in [-0.3, -0.25) is 9.80 Å². The van der Waals surface area contributed by atoms with Crippen molar-refractivity contribution in [3.8, 4) is 0 Å². The Kier molecular flexibility index (Phi) is 4.35. The summed E-state index contributed by atoms with van der Waals surface area (Å²) in [5, 5.41) is 18.2. The van der Waals surface area contributed by atoms with E-state index in [2.05, 4.69) is 37.5 Å². The molecule has 0 saturated carbocycles. The van der Waals surface area contributed by atoms with E-state index in [0.717, 1.165) is 26.2 Å². The molecule has 1 rings (SSSR count). The first-order chi connectivity index (χ1) is 7.33. The fourth-order valence-corrected chi connectivity index (χ4v) is 2.57. The van der Waals surface area contributed by atoms with E-state index in [4.69, 9.17) is 10.2 Å². The molecule has 2 N–H and O–H groups in total. The highest BCUT2D eigenvalue weighted by Gasteiger charge is 2.42. The third kappa shape index (κ3) is 2.94. The fraction of sp³-hybridized carbons (Fsp3) is 1.00. The van der Waals surface area contributed by atoms with Crippen LogP contribution in [0.3, 0.4) is 0 Å². The number of aliphatic hydroxyl groups excluding tert-OH is 2. The summed E-state index contributed by atoms with van der Waals surface area (Å²) in [6.45, 7) is 12.5. The molecule has 0 aromatic rings. The molecule has 4 heteroatoms. The van der Waals surface area contributed by atoms with Crippen LogP contribution in [0.15, 0.2) is 0 Å². The molecule has 1 heterocycles. The Hall–Kier alpha value is -0.160. The third-order valence-electron chi connectivity index (χ3n) is 3.61. The van der Waals surface area contributed by atoms with Crippen LogP contribution in [0.2, 0.25) is 0 Å². The number of hydrogen-bond acceptors (Lipinski definition) is 4. The lowest BCUT2D eigenvalue weighted by Crippen LogP contribution is -2.68. The minimum atomic E-state index is 0.0629. The predicted octanol–water partition coefficient (Wildman–Crippen LogP) is 0.146. The minimum absolute atomic E-state index is 0.0629. The Morgan fingerprint density at radius 1 is 0.812 bits per heavy atom. The number of nitrogens with zero attached hydrogens (tertiary/aromatic N) is 2. The Morgan fingerprint density at radius 2 is 1.12 bits per heavy atom. The first kappa shape index (κ1) is 13.9. The van der Waals surface area contributed by atoms with Gasteiger partial charge in [-0.05, 0) is 27.7 Å². The van der Waals surface area contributed by atoms with Crippen molar-refractivity contribution >= 4 is 0 Å². The summed E-state index contributed by atoms with van der Waals surface area (Å²) < 4.78 is 0. The lowest BCUT2D eigenvalue weighted by molar-refractivity contribution is -0.0652. The third-order valence-corrected chi connectivity index (χ3v) is 3.61. The van der Waals surface area contributed by atoms with Crippen molar-refractivity contribution in [3.05, 3.63) is 0 Å². The molecule has 4 nitrogen and oxygen atoms in total. The van der Waals surface area contributed by atoms with Crippen LogP contribution in [0.5, 0.6) is 0 Å².